The van der Waals surface area contributed by atoms with Crippen molar-refractivity contribution >= 4 is 105 Å². The number of ether oxygens (including phenoxy) is 1. The number of carbonyl (C=O) groups is 12. The largest absolute Gasteiger partial charge is 0.610 e. The average Bonchev–Trinajstić information content (AvgIpc) is 1.83. The highest BCUT2D eigenvalue weighted by Crippen LogP contribution is 2.38. The number of H-pyrrole nitrogens is 1. The van der Waals surface area contributed by atoms with Crippen molar-refractivity contribution < 1.29 is 92.1 Å². The maximum Gasteiger partial charge on any atom is 0.333 e. The van der Waals surface area contributed by atoms with E-state index in [1.165, 1.54) is 25.8 Å². The number of piperidine rings is 1. The molecule has 16 N–H and O–H groups in total. The number of benzene rings is 1. The molecule has 2 saturated heterocycles. The number of β-amino-alcohol motifs (C(OH)–C–C–N with tert-alkyl or cyclic N) is 1. The van der Waals surface area contributed by atoms with Crippen LogP contribution in [0.4, 0.5) is 0 Å². The minimum Gasteiger partial charge on any atom is -0.610 e. The van der Waals surface area contributed by atoms with Crippen molar-refractivity contribution in [1.29, 1.82) is 0 Å². The minimum absolute atomic E-state index is 0.00676. The minimum atomic E-state index is -2.41. The fraction of sp³-hybridized carbons (Fsp3) is 0.643. The molecule has 2 aromatic rings. The Morgan fingerprint density at radius 3 is 2.25 bits per heavy atom. The van der Waals surface area contributed by atoms with Crippen molar-refractivity contribution in [1.82, 2.24) is 52.2 Å². The van der Waals surface area contributed by atoms with E-state index in [0.717, 1.165) is 0 Å². The van der Waals surface area contributed by atoms with Gasteiger partial charge in [-0.3, -0.25) is 52.7 Å². The van der Waals surface area contributed by atoms with Crippen LogP contribution in [0.5, 0.6) is 5.75 Å². The van der Waals surface area contributed by atoms with Crippen LogP contribution in [0.2, 0.25) is 0 Å². The lowest BCUT2D eigenvalue weighted by Gasteiger charge is -2.32. The van der Waals surface area contributed by atoms with Crippen LogP contribution in [0.15, 0.2) is 17.2 Å². The van der Waals surface area contributed by atoms with E-state index >= 15 is 4.55 Å². The van der Waals surface area contributed by atoms with Crippen LogP contribution in [-0.2, 0) is 85.7 Å². The first-order valence-electron chi connectivity index (χ1n) is 29.5. The summed E-state index contributed by atoms with van der Waals surface area (Å²) in [5.41, 5.74) is 12.1. The number of aromatic amines is 1. The number of carbonyl (C=O) groups excluding carboxylic acids is 12. The van der Waals surface area contributed by atoms with Gasteiger partial charge in [-0.25, -0.2) is 4.79 Å². The van der Waals surface area contributed by atoms with E-state index in [4.69, 9.17) is 21.0 Å². The molecular weight excluding hydrogens is 1210 g/mol. The number of likely N-dealkylation sites (tertiary alicyclic amines) is 1. The number of amides is 11. The zero-order valence-electron chi connectivity index (χ0n) is 50.3. The molecule has 1 aromatic carbocycles. The van der Waals surface area contributed by atoms with Gasteiger partial charge in [0, 0.05) is 109 Å². The van der Waals surface area contributed by atoms with Gasteiger partial charge in [0.2, 0.25) is 58.2 Å². The van der Waals surface area contributed by atoms with Crippen LogP contribution >= 0.6 is 11.8 Å². The second kappa shape index (κ2) is 35.3. The van der Waals surface area contributed by atoms with Crippen LogP contribution in [0.1, 0.15) is 103 Å². The van der Waals surface area contributed by atoms with Gasteiger partial charge < -0.3 is 93.1 Å². The molecule has 2 fully saturated rings. The Hall–Kier alpha value is -7.14. The number of aromatic nitrogens is 1. The third kappa shape index (κ3) is 21.2. The lowest BCUT2D eigenvalue weighted by atomic mass is 9.88. The van der Waals surface area contributed by atoms with E-state index in [9.17, 15) is 78.0 Å². The molecule has 0 saturated carbocycles. The zero-order valence-corrected chi connectivity index (χ0v) is 51.9. The Bertz CT molecular complexity index is 2860. The third-order valence-corrected chi connectivity index (χ3v) is 18.6. The first-order valence-corrected chi connectivity index (χ1v) is 31.8. The van der Waals surface area contributed by atoms with Crippen LogP contribution in [0.3, 0.4) is 0 Å². The SMILES string of the molecule is CC[C@H](C)[C@H](CCNC(=O)CN)C(=O)NCC(=O)N[C@@H]1C[S+]([O-])c2[nH]c3c(CSC4CCN(C(=O)CCCC(=O)ON5C(=O)CCC5=O)CC4)c(OC)ccc3c2C[C@@H](CO)NC(=O)[C@H]([C@@H](C)[C@@H](O)CO)NC(=O)C[C@@H](O)CNC(=O)[C@H](CC(N)=O)NC1=O. The van der Waals surface area contributed by atoms with E-state index in [0.29, 0.717) is 59.6 Å². The summed E-state index contributed by atoms with van der Waals surface area (Å²) in [4.78, 5) is 167. The fourth-order valence-corrected chi connectivity index (χ4v) is 12.9. The molecule has 89 heavy (non-hydrogen) atoms. The molecule has 3 aliphatic heterocycles. The Balaban J connectivity index is 1.50. The van der Waals surface area contributed by atoms with E-state index in [2.05, 4.69) is 42.2 Å². The quantitative estimate of drug-likeness (QED) is 0.0331. The number of hydrogen-bond donors (Lipinski definition) is 14. The molecule has 1 unspecified atom stereocenters. The summed E-state index contributed by atoms with van der Waals surface area (Å²) in [6.07, 6.45) is -3.42. The molecule has 33 heteroatoms. The van der Waals surface area contributed by atoms with Gasteiger partial charge in [0.15, 0.2) is 6.04 Å². The van der Waals surface area contributed by atoms with E-state index in [-0.39, 0.29) is 91.5 Å². The first kappa shape index (κ1) is 72.6. The molecule has 5 rings (SSSR count). The summed E-state index contributed by atoms with van der Waals surface area (Å²) in [5.74, 6) is -11.7. The van der Waals surface area contributed by atoms with E-state index < -0.39 is 169 Å². The predicted molar refractivity (Wildman–Crippen MR) is 319 cm³/mol. The fourth-order valence-electron chi connectivity index (χ4n) is 10.3. The topological polar surface area (TPSA) is 486 Å². The number of nitrogens with zero attached hydrogens (tertiary/aromatic N) is 2. The van der Waals surface area contributed by atoms with E-state index in [1.807, 2.05) is 13.8 Å². The molecular formula is C56H84N12O19S2. The number of imide groups is 1. The number of nitrogens with one attached hydrogen (secondary N) is 8. The standard InChI is InChI=1S/C56H84N12O19S2/c1-5-29(2)34(13-16-59-44(75)22-57)52(81)61-24-45(76)63-39-28-89(85)56-36(19-31(25-69)62-55(84)50(30(3)40(72)26-70)65-43(74)20-32(71)23-60-53(82)38(21-42(58)73)64-54(39)83)35-9-10-41(86-4)37(51(35)66-56)27-88-33-14-17-67(18-15-33)46(77)7-6-8-49(80)87-68-47(78)11-12-48(68)79/h9-10,29-34,38-40,50,66,69-72H,5-8,11-28,57H2,1-4H3,(H2,58,73)(H,59,75)(H,60,82)(H,61,81)(H,62,84)(H,63,76)(H,64,83)(H,65,74)/t29-,30-,31-,32+,34-,38-,39+,40-,50-,89?/m0/s1. The summed E-state index contributed by atoms with van der Waals surface area (Å²) in [7, 11) is 1.43. The van der Waals surface area contributed by atoms with Crippen LogP contribution in [-0.4, -0.2) is 218 Å². The van der Waals surface area contributed by atoms with Gasteiger partial charge in [-0.15, -0.1) is 5.06 Å². The number of hydroxylamine groups is 2. The summed E-state index contributed by atoms with van der Waals surface area (Å²) >= 11 is -0.879. The van der Waals surface area contributed by atoms with Gasteiger partial charge >= 0.3 is 5.97 Å². The van der Waals surface area contributed by atoms with Crippen LogP contribution < -0.4 is 53.4 Å². The van der Waals surface area contributed by atoms with Crippen molar-refractivity contribution in [2.24, 2.45) is 29.2 Å². The highest BCUT2D eigenvalue weighted by Gasteiger charge is 2.39. The van der Waals surface area contributed by atoms with Crippen molar-refractivity contribution in [3.63, 3.8) is 0 Å². The number of aliphatic hydroxyl groups excluding tert-OH is 4. The number of hydrogen-bond acceptors (Lipinski definition) is 21. The Kier molecular flexibility index (Phi) is 28.8. The molecule has 31 nitrogen and oxygen atoms in total. The Morgan fingerprint density at radius 2 is 1.62 bits per heavy atom. The molecule has 3 aliphatic rings. The van der Waals surface area contributed by atoms with Gasteiger partial charge in [0.05, 0.1) is 70.0 Å². The molecule has 0 radical (unpaired) electrons. The summed E-state index contributed by atoms with van der Waals surface area (Å²) in [6, 6.07) is -3.19. The van der Waals surface area contributed by atoms with Crippen molar-refractivity contribution in [2.45, 2.75) is 150 Å². The lowest BCUT2D eigenvalue weighted by Crippen LogP contribution is -2.58. The maximum absolute atomic E-state index is 15.3. The Labute approximate surface area is 520 Å². The molecule has 0 spiro atoms. The highest BCUT2D eigenvalue weighted by atomic mass is 32.2. The van der Waals surface area contributed by atoms with Gasteiger partial charge in [0.1, 0.15) is 23.6 Å². The number of fused-ring (bicyclic) bond motifs is 3. The van der Waals surface area contributed by atoms with Crippen molar-refractivity contribution in [2.75, 3.05) is 65.3 Å². The molecule has 11 amide bonds. The summed E-state index contributed by atoms with van der Waals surface area (Å²) in [5, 5.41) is 60.6. The van der Waals surface area contributed by atoms with Crippen LogP contribution in [0.25, 0.3) is 10.9 Å². The number of primary amides is 1. The smallest absolute Gasteiger partial charge is 0.333 e. The molecule has 10 atom stereocenters. The third-order valence-electron chi connectivity index (χ3n) is 15.7. The van der Waals surface area contributed by atoms with Gasteiger partial charge in [-0.2, -0.15) is 11.8 Å². The lowest BCUT2D eigenvalue weighted by molar-refractivity contribution is -0.197. The monoisotopic (exact) mass is 1290 g/mol. The second-order valence-electron chi connectivity index (χ2n) is 22.2. The Morgan fingerprint density at radius 1 is 0.921 bits per heavy atom. The number of rotatable bonds is 25. The molecule has 0 bridgehead atoms. The van der Waals surface area contributed by atoms with Gasteiger partial charge in [-0.05, 0) is 43.7 Å². The first-order chi connectivity index (χ1) is 42.3. The van der Waals surface area contributed by atoms with Crippen molar-refractivity contribution in [3.05, 3.63) is 23.3 Å². The van der Waals surface area contributed by atoms with Crippen molar-refractivity contribution in [3.8, 4) is 5.75 Å². The number of aliphatic hydroxyl groups is 4. The highest BCUT2D eigenvalue weighted by molar-refractivity contribution is 7.99. The number of thioether (sulfide) groups is 1. The average molecular weight is 1290 g/mol. The zero-order chi connectivity index (χ0) is 65.6. The summed E-state index contributed by atoms with van der Waals surface area (Å²) < 4.78 is 21.1. The molecule has 0 aliphatic carbocycles. The molecule has 4 heterocycles. The van der Waals surface area contributed by atoms with Gasteiger partial charge in [0.25, 0.3) is 11.8 Å². The number of methoxy groups -OCH3 is 1. The maximum atomic E-state index is 15.3. The van der Waals surface area contributed by atoms with Gasteiger partial charge in [-0.1, -0.05) is 27.2 Å². The normalized spacial score (nSPS) is 22.5. The predicted octanol–water partition coefficient (Wildman–Crippen LogP) is -4.25. The second-order valence-corrected chi connectivity index (χ2v) is 24.9. The molecule has 494 valence electrons. The van der Waals surface area contributed by atoms with E-state index in [1.54, 1.807) is 17.0 Å². The molecule has 1 aromatic heterocycles. The van der Waals surface area contributed by atoms with Crippen LogP contribution in [0, 0.1) is 17.8 Å². The summed E-state index contributed by atoms with van der Waals surface area (Å²) in [6.45, 7) is 2.62. The number of nitrogens with two attached hydrogens (primary N) is 2.